The highest BCUT2D eigenvalue weighted by Crippen LogP contribution is 2.37. The number of ether oxygens (including phenoxy) is 1. The monoisotopic (exact) mass is 252 g/mol. The molecule has 2 aliphatic rings. The van der Waals surface area contributed by atoms with E-state index in [2.05, 4.69) is 17.2 Å². The van der Waals surface area contributed by atoms with Crippen molar-refractivity contribution in [3.63, 3.8) is 0 Å². The smallest absolute Gasteiger partial charge is 0.252 e. The molecule has 0 aromatic rings. The second kappa shape index (κ2) is 4.65. The molecule has 1 aliphatic carbocycles. The molecule has 0 aromatic carbocycles. The summed E-state index contributed by atoms with van der Waals surface area (Å²) in [7, 11) is 0. The first kappa shape index (κ1) is 13.5. The van der Waals surface area contributed by atoms with Gasteiger partial charge >= 0.3 is 0 Å². The van der Waals surface area contributed by atoms with Crippen molar-refractivity contribution in [2.24, 2.45) is 10.9 Å². The summed E-state index contributed by atoms with van der Waals surface area (Å²) >= 11 is 0. The van der Waals surface area contributed by atoms with Crippen LogP contribution in [-0.2, 0) is 9.53 Å². The molecule has 4 heteroatoms. The van der Waals surface area contributed by atoms with Gasteiger partial charge in [-0.25, -0.2) is 0 Å². The predicted octanol–water partition coefficient (Wildman–Crippen LogP) is 2.28. The molecule has 0 radical (unpaired) electrons. The van der Waals surface area contributed by atoms with E-state index < -0.39 is 5.54 Å². The fourth-order valence-electron chi connectivity index (χ4n) is 2.79. The normalized spacial score (nSPS) is 35.2. The highest BCUT2D eigenvalue weighted by atomic mass is 16.5. The van der Waals surface area contributed by atoms with E-state index in [0.717, 1.165) is 37.4 Å². The number of nitrogens with one attached hydrogen (secondary N) is 1. The fraction of sp³-hybridized carbons (Fsp3) is 0.857. The number of carbonyl (C=O) groups excluding carboxylic acids is 1. The number of amidine groups is 1. The van der Waals surface area contributed by atoms with Gasteiger partial charge in [0.15, 0.2) is 0 Å². The van der Waals surface area contributed by atoms with Crippen LogP contribution in [0.1, 0.15) is 53.4 Å². The molecule has 2 rings (SSSR count). The van der Waals surface area contributed by atoms with Gasteiger partial charge in [-0.2, -0.15) is 0 Å². The minimum atomic E-state index is -0.650. The van der Waals surface area contributed by atoms with Gasteiger partial charge in [0, 0.05) is 6.61 Å². The molecule has 102 valence electrons. The molecule has 18 heavy (non-hydrogen) atoms. The summed E-state index contributed by atoms with van der Waals surface area (Å²) in [4.78, 5) is 16.5. The predicted molar refractivity (Wildman–Crippen MR) is 71.6 cm³/mol. The van der Waals surface area contributed by atoms with Crippen LogP contribution >= 0.6 is 0 Å². The van der Waals surface area contributed by atoms with Crippen LogP contribution in [0.3, 0.4) is 0 Å². The zero-order chi connectivity index (χ0) is 13.4. The van der Waals surface area contributed by atoms with Crippen LogP contribution in [0.15, 0.2) is 4.99 Å². The Morgan fingerprint density at radius 1 is 1.39 bits per heavy atom. The maximum atomic E-state index is 11.9. The summed E-state index contributed by atoms with van der Waals surface area (Å²) in [6.45, 7) is 8.63. The SMILES string of the molecule is CCOC1(C2=NC(C)(C)C(=O)N2)CCC(C)CC1. The van der Waals surface area contributed by atoms with Crippen molar-refractivity contribution < 1.29 is 9.53 Å². The van der Waals surface area contributed by atoms with Crippen LogP contribution in [-0.4, -0.2) is 29.5 Å². The molecule has 0 bridgehead atoms. The number of rotatable bonds is 3. The minimum Gasteiger partial charge on any atom is -0.367 e. The number of carbonyl (C=O) groups is 1. The van der Waals surface area contributed by atoms with Gasteiger partial charge in [0.1, 0.15) is 17.0 Å². The van der Waals surface area contributed by atoms with Gasteiger partial charge in [-0.3, -0.25) is 9.79 Å². The number of amides is 1. The Kier molecular flexibility index (Phi) is 3.49. The standard InChI is InChI=1S/C14H24N2O2/c1-5-18-14(8-6-10(2)7-9-14)11-15-12(17)13(3,4)16-11/h10H,5-9H2,1-4H3,(H,15,16,17). The molecule has 0 spiro atoms. The number of hydrogen-bond donors (Lipinski definition) is 1. The van der Waals surface area contributed by atoms with Crippen molar-refractivity contribution in [1.82, 2.24) is 5.32 Å². The molecule has 0 saturated heterocycles. The van der Waals surface area contributed by atoms with Crippen molar-refractivity contribution in [3.8, 4) is 0 Å². The molecular formula is C14H24N2O2. The Balaban J connectivity index is 2.24. The van der Waals surface area contributed by atoms with Crippen molar-refractivity contribution in [2.75, 3.05) is 6.61 Å². The molecule has 0 atom stereocenters. The zero-order valence-corrected chi connectivity index (χ0v) is 11.9. The molecule has 4 nitrogen and oxygen atoms in total. The molecule has 1 fully saturated rings. The second-order valence-electron chi connectivity index (χ2n) is 6.08. The van der Waals surface area contributed by atoms with E-state index in [0.29, 0.717) is 6.61 Å². The Hall–Kier alpha value is -0.900. The quantitative estimate of drug-likeness (QED) is 0.837. The highest BCUT2D eigenvalue weighted by Gasteiger charge is 2.46. The van der Waals surface area contributed by atoms with E-state index in [1.165, 1.54) is 0 Å². The Labute approximate surface area is 109 Å². The van der Waals surface area contributed by atoms with Crippen molar-refractivity contribution in [3.05, 3.63) is 0 Å². The maximum absolute atomic E-state index is 11.9. The van der Waals surface area contributed by atoms with Gasteiger partial charge in [-0.1, -0.05) is 6.92 Å². The first-order chi connectivity index (χ1) is 8.39. The van der Waals surface area contributed by atoms with Gasteiger partial charge in [0.05, 0.1) is 0 Å². The van der Waals surface area contributed by atoms with Gasteiger partial charge in [0.2, 0.25) is 0 Å². The van der Waals surface area contributed by atoms with Crippen LogP contribution in [0, 0.1) is 5.92 Å². The molecule has 1 heterocycles. The highest BCUT2D eigenvalue weighted by molar-refractivity contribution is 6.11. The first-order valence-electron chi connectivity index (χ1n) is 6.95. The lowest BCUT2D eigenvalue weighted by atomic mass is 9.78. The number of aliphatic imine (C=N–C) groups is 1. The Morgan fingerprint density at radius 3 is 2.44 bits per heavy atom. The van der Waals surface area contributed by atoms with Crippen LogP contribution in [0.25, 0.3) is 0 Å². The lowest BCUT2D eigenvalue weighted by Gasteiger charge is -2.38. The molecule has 1 aliphatic heterocycles. The second-order valence-corrected chi connectivity index (χ2v) is 6.08. The lowest BCUT2D eigenvalue weighted by molar-refractivity contribution is -0.122. The van der Waals surface area contributed by atoms with Crippen molar-refractivity contribution >= 4 is 11.7 Å². The van der Waals surface area contributed by atoms with E-state index >= 15 is 0 Å². The van der Waals surface area contributed by atoms with Gasteiger partial charge in [0.25, 0.3) is 5.91 Å². The lowest BCUT2D eigenvalue weighted by Crippen LogP contribution is -2.50. The largest absolute Gasteiger partial charge is 0.367 e. The summed E-state index contributed by atoms with van der Waals surface area (Å²) in [6, 6.07) is 0. The third-order valence-corrected chi connectivity index (χ3v) is 4.11. The Morgan fingerprint density at radius 2 is 2.00 bits per heavy atom. The molecule has 1 N–H and O–H groups in total. The summed E-state index contributed by atoms with van der Waals surface area (Å²) in [5, 5.41) is 2.94. The average Bonchev–Trinajstić information content (AvgIpc) is 2.58. The van der Waals surface area contributed by atoms with Crippen LogP contribution in [0.4, 0.5) is 0 Å². The van der Waals surface area contributed by atoms with Gasteiger partial charge in [-0.15, -0.1) is 0 Å². The number of nitrogens with zero attached hydrogens (tertiary/aromatic N) is 1. The maximum Gasteiger partial charge on any atom is 0.252 e. The molecule has 1 amide bonds. The molecular weight excluding hydrogens is 228 g/mol. The van der Waals surface area contributed by atoms with E-state index in [1.54, 1.807) is 0 Å². The zero-order valence-electron chi connectivity index (χ0n) is 11.9. The Bertz CT molecular complexity index is 366. The molecule has 0 unspecified atom stereocenters. The number of hydrogen-bond acceptors (Lipinski definition) is 3. The van der Waals surface area contributed by atoms with Crippen LogP contribution in [0.2, 0.25) is 0 Å². The third-order valence-electron chi connectivity index (χ3n) is 4.11. The van der Waals surface area contributed by atoms with E-state index in [1.807, 2.05) is 20.8 Å². The molecule has 1 saturated carbocycles. The summed E-state index contributed by atoms with van der Waals surface area (Å²) in [5.74, 6) is 1.48. The summed E-state index contributed by atoms with van der Waals surface area (Å²) in [5.41, 5.74) is -1.01. The minimum absolute atomic E-state index is 0.0183. The van der Waals surface area contributed by atoms with E-state index in [4.69, 9.17) is 4.74 Å². The van der Waals surface area contributed by atoms with Crippen molar-refractivity contribution in [2.45, 2.75) is 64.5 Å². The van der Waals surface area contributed by atoms with E-state index in [-0.39, 0.29) is 11.5 Å². The third kappa shape index (κ3) is 2.30. The van der Waals surface area contributed by atoms with Crippen molar-refractivity contribution in [1.29, 1.82) is 0 Å². The van der Waals surface area contributed by atoms with Gasteiger partial charge in [-0.05, 0) is 52.4 Å². The van der Waals surface area contributed by atoms with Crippen LogP contribution in [0.5, 0.6) is 0 Å². The summed E-state index contributed by atoms with van der Waals surface area (Å²) in [6.07, 6.45) is 4.18. The van der Waals surface area contributed by atoms with Gasteiger partial charge < -0.3 is 10.1 Å². The first-order valence-corrected chi connectivity index (χ1v) is 6.95. The summed E-state index contributed by atoms with van der Waals surface area (Å²) < 4.78 is 6.00. The van der Waals surface area contributed by atoms with Crippen LogP contribution < -0.4 is 5.32 Å². The molecule has 0 aromatic heterocycles. The van der Waals surface area contributed by atoms with E-state index in [9.17, 15) is 4.79 Å². The average molecular weight is 252 g/mol. The fourth-order valence-corrected chi connectivity index (χ4v) is 2.79. The topological polar surface area (TPSA) is 50.7 Å².